The Morgan fingerprint density at radius 3 is 2.38 bits per heavy atom. The summed E-state index contributed by atoms with van der Waals surface area (Å²) in [6.45, 7) is 0.146. The number of ether oxygens (including phenoxy) is 1. The van der Waals surface area contributed by atoms with E-state index < -0.39 is 17.7 Å². The minimum Gasteiger partial charge on any atom is -0.507 e. The van der Waals surface area contributed by atoms with Crippen LogP contribution in [0.3, 0.4) is 0 Å². The summed E-state index contributed by atoms with van der Waals surface area (Å²) >= 11 is 12.4. The standard InChI is InChI=1S/C23H17Cl2N3O4/c1-32-22-16(24)9-15(10-17(22)25)20(29)18-19(14-3-2-6-27-11-14)28(23(31)21(18)30)12-13-4-7-26-8-5-13/h2-11,19,29H,12H2,1H3/b20-18+. The molecule has 0 spiro atoms. The van der Waals surface area contributed by atoms with Crippen LogP contribution in [-0.4, -0.2) is 38.8 Å². The van der Waals surface area contributed by atoms with Crippen LogP contribution in [0.4, 0.5) is 0 Å². The second-order valence-corrected chi connectivity index (χ2v) is 7.86. The molecule has 0 bridgehead atoms. The van der Waals surface area contributed by atoms with E-state index in [2.05, 4.69) is 9.97 Å². The van der Waals surface area contributed by atoms with Gasteiger partial charge in [-0.05, 0) is 41.5 Å². The van der Waals surface area contributed by atoms with Crippen molar-refractivity contribution in [3.05, 3.63) is 93.5 Å². The smallest absolute Gasteiger partial charge is 0.295 e. The molecule has 0 saturated carbocycles. The van der Waals surface area contributed by atoms with Crippen LogP contribution in [0.5, 0.6) is 5.75 Å². The van der Waals surface area contributed by atoms with Crippen LogP contribution in [0, 0.1) is 0 Å². The minimum atomic E-state index is -0.850. The van der Waals surface area contributed by atoms with Gasteiger partial charge in [-0.25, -0.2) is 0 Å². The molecule has 1 aliphatic heterocycles. The predicted octanol–water partition coefficient (Wildman–Crippen LogP) is 4.41. The van der Waals surface area contributed by atoms with Gasteiger partial charge in [0.2, 0.25) is 0 Å². The second kappa shape index (κ2) is 8.98. The van der Waals surface area contributed by atoms with Gasteiger partial charge in [0, 0.05) is 36.9 Å². The van der Waals surface area contributed by atoms with Gasteiger partial charge in [-0.2, -0.15) is 0 Å². The molecule has 1 N–H and O–H groups in total. The number of hydrogen-bond acceptors (Lipinski definition) is 6. The molecule has 162 valence electrons. The maximum absolute atomic E-state index is 13.1. The average Bonchev–Trinajstić information content (AvgIpc) is 3.04. The third-order valence-electron chi connectivity index (χ3n) is 5.12. The summed E-state index contributed by atoms with van der Waals surface area (Å²) in [6, 6.07) is 8.95. The lowest BCUT2D eigenvalue weighted by atomic mass is 9.96. The van der Waals surface area contributed by atoms with Crippen LogP contribution in [0.2, 0.25) is 10.0 Å². The Bertz CT molecular complexity index is 1190. The zero-order valence-electron chi connectivity index (χ0n) is 16.8. The van der Waals surface area contributed by atoms with E-state index in [0.717, 1.165) is 5.56 Å². The fourth-order valence-corrected chi connectivity index (χ4v) is 4.30. The third kappa shape index (κ3) is 3.92. The van der Waals surface area contributed by atoms with Gasteiger partial charge in [-0.15, -0.1) is 0 Å². The fourth-order valence-electron chi connectivity index (χ4n) is 3.66. The summed E-state index contributed by atoms with van der Waals surface area (Å²) < 4.78 is 5.14. The highest BCUT2D eigenvalue weighted by atomic mass is 35.5. The Kier molecular flexibility index (Phi) is 6.12. The number of carbonyl (C=O) groups is 2. The molecule has 0 aliphatic carbocycles. The van der Waals surface area contributed by atoms with Gasteiger partial charge in [-0.3, -0.25) is 19.6 Å². The molecule has 0 radical (unpaired) electrons. The normalized spacial score (nSPS) is 17.6. The zero-order chi connectivity index (χ0) is 22.8. The van der Waals surface area contributed by atoms with E-state index in [1.807, 2.05) is 0 Å². The van der Waals surface area contributed by atoms with Crippen LogP contribution < -0.4 is 4.74 Å². The largest absolute Gasteiger partial charge is 0.507 e. The van der Waals surface area contributed by atoms with Crippen molar-refractivity contribution in [1.82, 2.24) is 14.9 Å². The highest BCUT2D eigenvalue weighted by molar-refractivity contribution is 6.46. The Balaban J connectivity index is 1.87. The van der Waals surface area contributed by atoms with E-state index in [-0.39, 0.29) is 39.2 Å². The number of aliphatic hydroxyl groups is 1. The van der Waals surface area contributed by atoms with Gasteiger partial charge in [0.15, 0.2) is 5.75 Å². The highest BCUT2D eigenvalue weighted by Gasteiger charge is 2.46. The molecular weight excluding hydrogens is 453 g/mol. The monoisotopic (exact) mass is 469 g/mol. The summed E-state index contributed by atoms with van der Waals surface area (Å²) in [7, 11) is 1.42. The molecule has 1 saturated heterocycles. The van der Waals surface area contributed by atoms with Crippen LogP contribution >= 0.6 is 23.2 Å². The molecule has 9 heteroatoms. The Hall–Kier alpha value is -3.42. The average molecular weight is 470 g/mol. The first-order valence-corrected chi connectivity index (χ1v) is 10.3. The number of pyridine rings is 2. The number of likely N-dealkylation sites (tertiary alicyclic amines) is 1. The van der Waals surface area contributed by atoms with Crippen molar-refractivity contribution in [3.8, 4) is 5.75 Å². The van der Waals surface area contributed by atoms with E-state index in [1.165, 1.54) is 24.1 Å². The fraction of sp³-hybridized carbons (Fsp3) is 0.130. The second-order valence-electron chi connectivity index (χ2n) is 7.04. The number of halogens is 2. The molecule has 32 heavy (non-hydrogen) atoms. The van der Waals surface area contributed by atoms with Crippen molar-refractivity contribution in [3.63, 3.8) is 0 Å². The number of aromatic nitrogens is 2. The molecule has 1 unspecified atom stereocenters. The molecule has 4 rings (SSSR count). The number of rotatable bonds is 5. The molecule has 7 nitrogen and oxygen atoms in total. The zero-order valence-corrected chi connectivity index (χ0v) is 18.3. The molecule has 2 aromatic heterocycles. The summed E-state index contributed by atoms with van der Waals surface area (Å²) in [5.74, 6) is -1.69. The topological polar surface area (TPSA) is 92.6 Å². The van der Waals surface area contributed by atoms with Crippen molar-refractivity contribution in [2.45, 2.75) is 12.6 Å². The quantitative estimate of drug-likeness (QED) is 0.337. The van der Waals surface area contributed by atoms with E-state index in [0.29, 0.717) is 5.56 Å². The number of carbonyl (C=O) groups excluding carboxylic acids is 2. The maximum Gasteiger partial charge on any atom is 0.295 e. The molecule has 1 amide bonds. The minimum absolute atomic E-state index is 0.0747. The molecule has 1 fully saturated rings. The van der Waals surface area contributed by atoms with Crippen LogP contribution in [0.25, 0.3) is 5.76 Å². The number of nitrogens with zero attached hydrogens (tertiary/aromatic N) is 3. The van der Waals surface area contributed by atoms with Crippen LogP contribution in [-0.2, 0) is 16.1 Å². The SMILES string of the molecule is COc1c(Cl)cc(/C(O)=C2\C(=O)C(=O)N(Cc3ccncc3)C2c2cccnc2)cc1Cl. The summed E-state index contributed by atoms with van der Waals surface area (Å²) in [5, 5.41) is 11.4. The highest BCUT2D eigenvalue weighted by Crippen LogP contribution is 2.42. The lowest BCUT2D eigenvalue weighted by molar-refractivity contribution is -0.140. The summed E-state index contributed by atoms with van der Waals surface area (Å²) in [5.41, 5.74) is 1.48. The first kappa shape index (κ1) is 21.8. The van der Waals surface area contributed by atoms with Gasteiger partial charge in [0.05, 0.1) is 28.8 Å². The maximum atomic E-state index is 13.1. The van der Waals surface area contributed by atoms with E-state index >= 15 is 0 Å². The summed E-state index contributed by atoms with van der Waals surface area (Å²) in [6.07, 6.45) is 6.34. The third-order valence-corrected chi connectivity index (χ3v) is 5.68. The molecule has 1 atom stereocenters. The molecular formula is C23H17Cl2N3O4. The van der Waals surface area contributed by atoms with Gasteiger partial charge in [-0.1, -0.05) is 29.3 Å². The Morgan fingerprint density at radius 2 is 1.78 bits per heavy atom. The van der Waals surface area contributed by atoms with Crippen molar-refractivity contribution in [2.75, 3.05) is 7.11 Å². The molecule has 1 aliphatic rings. The Labute approximate surface area is 193 Å². The van der Waals surface area contributed by atoms with Crippen molar-refractivity contribution >= 4 is 40.7 Å². The summed E-state index contributed by atoms with van der Waals surface area (Å²) in [4.78, 5) is 35.6. The first-order valence-electron chi connectivity index (χ1n) is 9.53. The Morgan fingerprint density at radius 1 is 1.09 bits per heavy atom. The van der Waals surface area contributed by atoms with Gasteiger partial charge in [0.25, 0.3) is 11.7 Å². The number of aliphatic hydroxyl groups excluding tert-OH is 1. The van der Waals surface area contributed by atoms with E-state index in [9.17, 15) is 14.7 Å². The van der Waals surface area contributed by atoms with Gasteiger partial charge >= 0.3 is 0 Å². The first-order chi connectivity index (χ1) is 15.4. The number of amides is 1. The molecule has 3 aromatic rings. The van der Waals surface area contributed by atoms with E-state index in [1.54, 1.807) is 49.1 Å². The number of methoxy groups -OCH3 is 1. The van der Waals surface area contributed by atoms with Crippen molar-refractivity contribution in [1.29, 1.82) is 0 Å². The van der Waals surface area contributed by atoms with Crippen molar-refractivity contribution in [2.24, 2.45) is 0 Å². The number of Topliss-reactive ketones (excluding diaryl/α,β-unsaturated/α-hetero) is 1. The lowest BCUT2D eigenvalue weighted by Gasteiger charge is -2.25. The van der Waals surface area contributed by atoms with Crippen LogP contribution in [0.15, 0.2) is 66.8 Å². The van der Waals surface area contributed by atoms with Gasteiger partial charge < -0.3 is 14.7 Å². The number of hydrogen-bond donors (Lipinski definition) is 1. The van der Waals surface area contributed by atoms with E-state index in [4.69, 9.17) is 27.9 Å². The lowest BCUT2D eigenvalue weighted by Crippen LogP contribution is -2.29. The van der Waals surface area contributed by atoms with Gasteiger partial charge in [0.1, 0.15) is 5.76 Å². The predicted molar refractivity (Wildman–Crippen MR) is 119 cm³/mol. The number of benzene rings is 1. The van der Waals surface area contributed by atoms with Crippen molar-refractivity contribution < 1.29 is 19.4 Å². The number of ketones is 1. The van der Waals surface area contributed by atoms with Crippen LogP contribution in [0.1, 0.15) is 22.7 Å². The molecule has 1 aromatic carbocycles. The molecule has 3 heterocycles.